The molecule has 0 N–H and O–H groups in total. The first-order chi connectivity index (χ1) is 11.2. The van der Waals surface area contributed by atoms with E-state index in [4.69, 9.17) is 9.16 Å². The minimum atomic E-state index is -1.76. The lowest BCUT2D eigenvalue weighted by molar-refractivity contribution is -0.143. The summed E-state index contributed by atoms with van der Waals surface area (Å²) in [4.78, 5) is 11.1. The molecule has 0 bridgehead atoms. The number of carbonyl (C=O) groups excluding carboxylic acids is 1. The molecule has 0 unspecified atom stereocenters. The number of esters is 1. The van der Waals surface area contributed by atoms with Gasteiger partial charge in [-0.2, -0.15) is 0 Å². The van der Waals surface area contributed by atoms with Crippen LogP contribution in [0.3, 0.4) is 0 Å². The van der Waals surface area contributed by atoms with Crippen LogP contribution in [0.2, 0.25) is 18.1 Å². The Morgan fingerprint density at radius 3 is 2.32 bits per heavy atom. The molecule has 1 rings (SSSR count). The number of rotatable bonds is 5. The number of ether oxygens (including phenoxy) is 1. The smallest absolute Gasteiger partial charge is 0.303 e. The highest BCUT2D eigenvalue weighted by atomic mass is 28.4. The third-order valence-corrected chi connectivity index (χ3v) is 10.1. The fraction of sp³-hybridized carbons (Fsp3) is 0.762. The minimum Gasteiger partial charge on any atom is -0.459 e. The van der Waals surface area contributed by atoms with Gasteiger partial charge >= 0.3 is 5.97 Å². The summed E-state index contributed by atoms with van der Waals surface area (Å²) >= 11 is 0. The van der Waals surface area contributed by atoms with Crippen molar-refractivity contribution in [3.05, 3.63) is 23.3 Å². The lowest BCUT2D eigenvalue weighted by atomic mass is 9.71. The lowest BCUT2D eigenvalue weighted by Crippen LogP contribution is -2.46. The monoisotopic (exact) mass is 366 g/mol. The summed E-state index contributed by atoms with van der Waals surface area (Å²) in [6.07, 6.45) is 6.23. The van der Waals surface area contributed by atoms with Gasteiger partial charge in [0, 0.05) is 13.0 Å². The molecular formula is C21H38O3Si. The van der Waals surface area contributed by atoms with Gasteiger partial charge < -0.3 is 9.16 Å². The predicted octanol–water partition coefficient (Wildman–Crippen LogP) is 6.02. The van der Waals surface area contributed by atoms with Gasteiger partial charge in [-0.25, -0.2) is 0 Å². The molecule has 144 valence electrons. The number of allylic oxidation sites excluding steroid dienone is 2. The van der Waals surface area contributed by atoms with Crippen molar-refractivity contribution in [1.82, 2.24) is 0 Å². The highest BCUT2D eigenvalue weighted by Crippen LogP contribution is 2.45. The summed E-state index contributed by atoms with van der Waals surface area (Å²) in [7, 11) is -1.76. The topological polar surface area (TPSA) is 35.5 Å². The van der Waals surface area contributed by atoms with Crippen molar-refractivity contribution in [2.75, 3.05) is 0 Å². The van der Waals surface area contributed by atoms with Crippen LogP contribution in [0.25, 0.3) is 0 Å². The molecule has 4 heteroatoms. The van der Waals surface area contributed by atoms with Crippen molar-refractivity contribution in [3.63, 3.8) is 0 Å². The second-order valence-electron chi connectivity index (χ2n) is 9.66. The molecule has 2 atom stereocenters. The zero-order chi connectivity index (χ0) is 19.6. The Balaban J connectivity index is 2.94. The standard InChI is InChI=1S/C21H38O3Si/c1-15-13-18(24-25(9,10)20(4,5)6)14-21(7,8)19(15)12-11-16(2)23-17(3)22/h11-12,16,18H,13-14H2,1-10H3/b12-11+/t16-,18-/m1/s1. The molecule has 0 aliphatic heterocycles. The van der Waals surface area contributed by atoms with Crippen molar-refractivity contribution in [2.45, 2.75) is 98.6 Å². The van der Waals surface area contributed by atoms with Gasteiger partial charge in [0.15, 0.2) is 8.32 Å². The molecule has 0 heterocycles. The molecule has 0 amide bonds. The van der Waals surface area contributed by atoms with Crippen LogP contribution < -0.4 is 0 Å². The summed E-state index contributed by atoms with van der Waals surface area (Å²) in [6.45, 7) is 21.7. The van der Waals surface area contributed by atoms with Gasteiger partial charge in [-0.3, -0.25) is 4.79 Å². The Labute approximate surface area is 156 Å². The molecule has 0 saturated heterocycles. The van der Waals surface area contributed by atoms with Gasteiger partial charge in [-0.05, 0) is 61.9 Å². The van der Waals surface area contributed by atoms with Crippen molar-refractivity contribution < 1.29 is 14.0 Å². The van der Waals surface area contributed by atoms with E-state index in [0.717, 1.165) is 12.8 Å². The van der Waals surface area contributed by atoms with Crippen molar-refractivity contribution in [3.8, 4) is 0 Å². The lowest BCUT2D eigenvalue weighted by Gasteiger charge is -2.44. The summed E-state index contributed by atoms with van der Waals surface area (Å²) in [5.41, 5.74) is 2.79. The van der Waals surface area contributed by atoms with Gasteiger partial charge in [-0.1, -0.05) is 46.3 Å². The highest BCUT2D eigenvalue weighted by Gasteiger charge is 2.42. The third kappa shape index (κ3) is 6.10. The highest BCUT2D eigenvalue weighted by molar-refractivity contribution is 6.74. The molecule has 0 radical (unpaired) electrons. The first-order valence-electron chi connectivity index (χ1n) is 9.39. The maximum absolute atomic E-state index is 11.1. The average Bonchev–Trinajstić information content (AvgIpc) is 2.33. The predicted molar refractivity (Wildman–Crippen MR) is 108 cm³/mol. The van der Waals surface area contributed by atoms with Crippen LogP contribution in [0.5, 0.6) is 0 Å². The SMILES string of the molecule is CC(=O)O[C@H](C)/C=C/C1=C(C)C[C@@H](O[Si](C)(C)C(C)(C)C)CC1(C)C. The summed E-state index contributed by atoms with van der Waals surface area (Å²) < 4.78 is 11.9. The average molecular weight is 367 g/mol. The Kier molecular flexibility index (Phi) is 6.91. The Hall–Kier alpha value is -0.873. The number of hydrogen-bond donors (Lipinski definition) is 0. The minimum absolute atomic E-state index is 0.0573. The Morgan fingerprint density at radius 1 is 1.32 bits per heavy atom. The van der Waals surface area contributed by atoms with Crippen LogP contribution in [0, 0.1) is 5.41 Å². The molecular weight excluding hydrogens is 328 g/mol. The first kappa shape index (κ1) is 22.2. The zero-order valence-corrected chi connectivity index (χ0v) is 18.9. The molecule has 1 aliphatic rings. The second-order valence-corrected chi connectivity index (χ2v) is 14.4. The van der Waals surface area contributed by atoms with E-state index in [2.05, 4.69) is 60.7 Å². The van der Waals surface area contributed by atoms with E-state index in [1.54, 1.807) is 0 Å². The largest absolute Gasteiger partial charge is 0.459 e. The van der Waals surface area contributed by atoms with Crippen molar-refractivity contribution in [1.29, 1.82) is 0 Å². The Bertz CT molecular complexity index is 550. The first-order valence-corrected chi connectivity index (χ1v) is 12.3. The van der Waals surface area contributed by atoms with Crippen molar-refractivity contribution >= 4 is 14.3 Å². The normalized spacial score (nSPS) is 23.0. The molecule has 3 nitrogen and oxygen atoms in total. The summed E-state index contributed by atoms with van der Waals surface area (Å²) in [5.74, 6) is -0.242. The maximum atomic E-state index is 11.1. The van der Waals surface area contributed by atoms with E-state index in [1.165, 1.54) is 18.1 Å². The van der Waals surface area contributed by atoms with Gasteiger partial charge in [0.25, 0.3) is 0 Å². The van der Waals surface area contributed by atoms with Crippen LogP contribution in [0.1, 0.15) is 68.2 Å². The Morgan fingerprint density at radius 2 is 1.88 bits per heavy atom. The summed E-state index contributed by atoms with van der Waals surface area (Å²) in [6, 6.07) is 0. The van der Waals surface area contributed by atoms with Crippen LogP contribution >= 0.6 is 0 Å². The van der Waals surface area contributed by atoms with Gasteiger partial charge in [-0.15, -0.1) is 0 Å². The van der Waals surface area contributed by atoms with E-state index < -0.39 is 8.32 Å². The molecule has 0 aromatic rings. The van der Waals surface area contributed by atoms with E-state index >= 15 is 0 Å². The van der Waals surface area contributed by atoms with E-state index in [0.29, 0.717) is 6.10 Å². The van der Waals surface area contributed by atoms with Crippen molar-refractivity contribution in [2.24, 2.45) is 5.41 Å². The van der Waals surface area contributed by atoms with E-state index in [9.17, 15) is 4.79 Å². The third-order valence-electron chi connectivity index (χ3n) is 5.61. The van der Waals surface area contributed by atoms with Gasteiger partial charge in [0.2, 0.25) is 0 Å². The number of carbonyl (C=O) groups is 1. The molecule has 0 aromatic heterocycles. The second kappa shape index (κ2) is 7.79. The fourth-order valence-corrected chi connectivity index (χ4v) is 4.71. The molecule has 25 heavy (non-hydrogen) atoms. The van der Waals surface area contributed by atoms with Crippen LogP contribution in [0.15, 0.2) is 23.3 Å². The summed E-state index contributed by atoms with van der Waals surface area (Å²) in [5, 5.41) is 0.231. The zero-order valence-electron chi connectivity index (χ0n) is 17.9. The molecule has 0 saturated carbocycles. The quantitative estimate of drug-likeness (QED) is 0.441. The van der Waals surface area contributed by atoms with Crippen LogP contribution in [0.4, 0.5) is 0 Å². The van der Waals surface area contributed by atoms with E-state index in [1.807, 2.05) is 13.0 Å². The van der Waals surface area contributed by atoms with Crippen LogP contribution in [-0.4, -0.2) is 26.5 Å². The maximum Gasteiger partial charge on any atom is 0.303 e. The fourth-order valence-electron chi connectivity index (χ4n) is 3.36. The molecule has 0 aromatic carbocycles. The number of hydrogen-bond acceptors (Lipinski definition) is 3. The molecule has 0 fully saturated rings. The van der Waals surface area contributed by atoms with Gasteiger partial charge in [0.1, 0.15) is 6.10 Å². The molecule has 1 aliphatic carbocycles. The van der Waals surface area contributed by atoms with Crippen LogP contribution in [-0.2, 0) is 14.0 Å². The van der Waals surface area contributed by atoms with E-state index in [-0.39, 0.29) is 22.5 Å². The van der Waals surface area contributed by atoms with Gasteiger partial charge in [0.05, 0.1) is 0 Å². The molecule has 0 spiro atoms.